The van der Waals surface area contributed by atoms with Crippen LogP contribution < -0.4 is 15.8 Å². The molecule has 11 nitrogen and oxygen atoms in total. The van der Waals surface area contributed by atoms with Gasteiger partial charge in [-0.2, -0.15) is 0 Å². The number of carbonyl (C=O) groups is 2. The van der Waals surface area contributed by atoms with Crippen LogP contribution in [0.3, 0.4) is 0 Å². The Balaban J connectivity index is 1.37. The van der Waals surface area contributed by atoms with Crippen LogP contribution in [0.4, 0.5) is 11.6 Å². The molecule has 0 aliphatic carbocycles. The molecule has 0 bridgehead atoms. The maximum Gasteiger partial charge on any atom is 0.433 e. The molecule has 1 amide bonds. The molecular formula is C21H25ClN4O7. The second-order valence-corrected chi connectivity index (χ2v) is 8.01. The van der Waals surface area contributed by atoms with Crippen LogP contribution in [0.2, 0.25) is 5.02 Å². The topological polar surface area (TPSA) is 150 Å². The third kappa shape index (κ3) is 6.36. The minimum atomic E-state index is -0.689. The van der Waals surface area contributed by atoms with Crippen molar-refractivity contribution in [2.24, 2.45) is 5.92 Å². The van der Waals surface area contributed by atoms with E-state index in [1.165, 1.54) is 25.3 Å². The molecule has 3 N–H and O–H groups in total. The zero-order valence-corrected chi connectivity index (χ0v) is 18.8. The first-order valence-corrected chi connectivity index (χ1v) is 10.7. The van der Waals surface area contributed by atoms with Crippen molar-refractivity contribution in [1.82, 2.24) is 10.2 Å². The van der Waals surface area contributed by atoms with Crippen LogP contribution in [0.5, 0.6) is 5.75 Å². The average molecular weight is 481 g/mol. The van der Waals surface area contributed by atoms with Crippen molar-refractivity contribution in [2.75, 3.05) is 45.6 Å². The highest BCUT2D eigenvalue weighted by molar-refractivity contribution is 6.33. The number of hydrogen-bond donors (Lipinski definition) is 2. The van der Waals surface area contributed by atoms with Gasteiger partial charge in [-0.25, -0.2) is 4.79 Å². The molecular weight excluding hydrogens is 456 g/mol. The van der Waals surface area contributed by atoms with Gasteiger partial charge in [0.25, 0.3) is 5.91 Å². The number of nitrogens with one attached hydrogen (secondary N) is 1. The largest absolute Gasteiger partial charge is 0.496 e. The molecule has 0 atom stereocenters. The lowest BCUT2D eigenvalue weighted by molar-refractivity contribution is -0.402. The van der Waals surface area contributed by atoms with Gasteiger partial charge in [0.2, 0.25) is 0 Å². The summed E-state index contributed by atoms with van der Waals surface area (Å²) in [6.45, 7) is 2.82. The number of nitrogens with zero attached hydrogens (tertiary/aromatic N) is 2. The Hall–Kier alpha value is -3.31. The molecule has 1 fully saturated rings. The predicted octanol–water partition coefficient (Wildman–Crippen LogP) is 2.73. The van der Waals surface area contributed by atoms with E-state index >= 15 is 0 Å². The van der Waals surface area contributed by atoms with Crippen molar-refractivity contribution >= 4 is 35.0 Å². The lowest BCUT2D eigenvalue weighted by Gasteiger charge is -2.31. The molecule has 0 radical (unpaired) electrons. The van der Waals surface area contributed by atoms with E-state index in [1.807, 2.05) is 0 Å². The summed E-state index contributed by atoms with van der Waals surface area (Å²) in [6, 6.07) is 5.35. The number of likely N-dealkylation sites (tertiary alicyclic amines) is 1. The van der Waals surface area contributed by atoms with E-state index in [9.17, 15) is 19.7 Å². The first-order valence-electron chi connectivity index (χ1n) is 10.3. The van der Waals surface area contributed by atoms with Gasteiger partial charge in [-0.15, -0.1) is 0 Å². The molecule has 1 aromatic heterocycles. The number of methoxy groups -OCH3 is 1. The Kier molecular flexibility index (Phi) is 8.12. The van der Waals surface area contributed by atoms with Gasteiger partial charge in [0, 0.05) is 19.2 Å². The van der Waals surface area contributed by atoms with Gasteiger partial charge in [0.15, 0.2) is 5.76 Å². The number of nitrogens with two attached hydrogens (primary N) is 1. The average Bonchev–Trinajstić information content (AvgIpc) is 3.30. The lowest BCUT2D eigenvalue weighted by Crippen LogP contribution is -2.40. The molecule has 1 aliphatic heterocycles. The summed E-state index contributed by atoms with van der Waals surface area (Å²) in [7, 11) is 1.44. The Labute approximate surface area is 194 Å². The van der Waals surface area contributed by atoms with E-state index in [4.69, 9.17) is 31.2 Å². The number of esters is 1. The van der Waals surface area contributed by atoms with Crippen LogP contribution in [0.1, 0.15) is 33.8 Å². The molecule has 0 spiro atoms. The van der Waals surface area contributed by atoms with E-state index in [2.05, 4.69) is 10.2 Å². The quantitative estimate of drug-likeness (QED) is 0.239. The van der Waals surface area contributed by atoms with Crippen LogP contribution in [-0.2, 0) is 4.74 Å². The number of nitrogen functional groups attached to an aromatic ring is 1. The van der Waals surface area contributed by atoms with Crippen molar-refractivity contribution in [3.8, 4) is 5.75 Å². The third-order valence-electron chi connectivity index (χ3n) is 5.43. The highest BCUT2D eigenvalue weighted by Crippen LogP contribution is 2.29. The molecule has 1 saturated heterocycles. The molecule has 2 aromatic rings. The van der Waals surface area contributed by atoms with Crippen LogP contribution in [-0.4, -0.2) is 61.6 Å². The predicted molar refractivity (Wildman–Crippen MR) is 120 cm³/mol. The minimum Gasteiger partial charge on any atom is -0.496 e. The van der Waals surface area contributed by atoms with Crippen molar-refractivity contribution in [3.63, 3.8) is 0 Å². The number of furan rings is 1. The number of amides is 1. The molecule has 1 aromatic carbocycles. The second-order valence-electron chi connectivity index (χ2n) is 7.60. The summed E-state index contributed by atoms with van der Waals surface area (Å²) in [5, 5.41) is 13.7. The zero-order valence-electron chi connectivity index (χ0n) is 18.0. The summed E-state index contributed by atoms with van der Waals surface area (Å²) in [5.41, 5.74) is 6.26. The van der Waals surface area contributed by atoms with Gasteiger partial charge < -0.3 is 24.9 Å². The Morgan fingerprint density at radius 2 is 2.06 bits per heavy atom. The maximum absolute atomic E-state index is 12.4. The smallest absolute Gasteiger partial charge is 0.433 e. The number of benzene rings is 1. The molecule has 3 rings (SSSR count). The van der Waals surface area contributed by atoms with Crippen LogP contribution in [0, 0.1) is 16.0 Å². The van der Waals surface area contributed by atoms with Gasteiger partial charge in [0.1, 0.15) is 22.8 Å². The van der Waals surface area contributed by atoms with E-state index in [-0.39, 0.29) is 28.9 Å². The van der Waals surface area contributed by atoms with E-state index in [0.717, 1.165) is 32.0 Å². The van der Waals surface area contributed by atoms with Crippen LogP contribution in [0.15, 0.2) is 28.7 Å². The Morgan fingerprint density at radius 1 is 1.33 bits per heavy atom. The monoisotopic (exact) mass is 480 g/mol. The normalized spacial score (nSPS) is 14.6. The highest BCUT2D eigenvalue weighted by atomic mass is 35.5. The lowest BCUT2D eigenvalue weighted by atomic mass is 9.97. The van der Waals surface area contributed by atoms with Crippen molar-refractivity contribution in [2.45, 2.75) is 12.8 Å². The number of piperidine rings is 1. The summed E-state index contributed by atoms with van der Waals surface area (Å²) in [6.07, 6.45) is 1.71. The van der Waals surface area contributed by atoms with Crippen molar-refractivity contribution in [1.29, 1.82) is 0 Å². The van der Waals surface area contributed by atoms with E-state index in [1.54, 1.807) is 0 Å². The number of rotatable bonds is 9. The van der Waals surface area contributed by atoms with Crippen molar-refractivity contribution in [3.05, 3.63) is 50.7 Å². The molecule has 2 heterocycles. The van der Waals surface area contributed by atoms with Gasteiger partial charge in [-0.3, -0.25) is 19.8 Å². The summed E-state index contributed by atoms with van der Waals surface area (Å²) >= 11 is 5.99. The standard InChI is InChI=1S/C21H25ClN4O7/c1-31-18-11-16(23)15(22)10-14(18)21(28)32-9-8-25-6-4-13(5-7-25)12-24-20(27)17-2-3-19(33-17)26(29)30/h2-3,10-11,13H,4-9,12,23H2,1H3,(H,24,27). The SMILES string of the molecule is COc1cc(N)c(Cl)cc1C(=O)OCCN1CCC(CNC(=O)c2ccc([N+](=O)[O-])o2)CC1. The van der Waals surface area contributed by atoms with Gasteiger partial charge in [-0.1, -0.05) is 11.6 Å². The third-order valence-corrected chi connectivity index (χ3v) is 5.76. The van der Waals surface area contributed by atoms with E-state index in [0.29, 0.717) is 24.5 Å². The minimum absolute atomic E-state index is 0.0834. The number of carbonyl (C=O) groups excluding carboxylic acids is 2. The Bertz CT molecular complexity index is 1020. The number of hydrogen-bond acceptors (Lipinski definition) is 9. The first-order chi connectivity index (χ1) is 15.8. The number of ether oxygens (including phenoxy) is 2. The summed E-state index contributed by atoms with van der Waals surface area (Å²) in [5.74, 6) is -0.986. The number of anilines is 1. The van der Waals surface area contributed by atoms with E-state index < -0.39 is 22.7 Å². The van der Waals surface area contributed by atoms with Gasteiger partial charge in [0.05, 0.1) is 23.9 Å². The van der Waals surface area contributed by atoms with Crippen LogP contribution >= 0.6 is 11.6 Å². The molecule has 0 saturated carbocycles. The number of nitro groups is 1. The first kappa shape index (κ1) is 24.3. The summed E-state index contributed by atoms with van der Waals surface area (Å²) in [4.78, 5) is 36.6. The van der Waals surface area contributed by atoms with Gasteiger partial charge >= 0.3 is 11.9 Å². The second kappa shape index (κ2) is 11.0. The fraction of sp³-hybridized carbons (Fsp3) is 0.429. The van der Waals surface area contributed by atoms with Gasteiger partial charge in [-0.05, 0) is 44.0 Å². The molecule has 12 heteroatoms. The fourth-order valence-electron chi connectivity index (χ4n) is 3.53. The maximum atomic E-state index is 12.4. The molecule has 0 unspecified atom stereocenters. The molecule has 33 heavy (non-hydrogen) atoms. The molecule has 178 valence electrons. The zero-order chi connectivity index (χ0) is 24.0. The van der Waals surface area contributed by atoms with Crippen LogP contribution in [0.25, 0.3) is 0 Å². The number of halogens is 1. The highest BCUT2D eigenvalue weighted by Gasteiger charge is 2.22. The molecule has 1 aliphatic rings. The summed E-state index contributed by atoms with van der Waals surface area (Å²) < 4.78 is 15.4. The van der Waals surface area contributed by atoms with Crippen molar-refractivity contribution < 1.29 is 28.4 Å². The Morgan fingerprint density at radius 3 is 2.70 bits per heavy atom. The fourth-order valence-corrected chi connectivity index (χ4v) is 3.69.